The molecule has 2 N–H and O–H groups in total. The van der Waals surface area contributed by atoms with Gasteiger partial charge in [-0.15, -0.1) is 0 Å². The van der Waals surface area contributed by atoms with Crippen molar-refractivity contribution in [2.24, 2.45) is 0 Å². The maximum atomic E-state index is 13.4. The molecule has 1 heterocycles. The zero-order chi connectivity index (χ0) is 26.4. The molecule has 2 aromatic carbocycles. The van der Waals surface area contributed by atoms with Crippen molar-refractivity contribution in [3.8, 4) is 0 Å². The molecule has 1 saturated carbocycles. The molecule has 196 valence electrons. The topological polar surface area (TPSA) is 109 Å². The van der Waals surface area contributed by atoms with Gasteiger partial charge < -0.3 is 14.6 Å². The minimum absolute atomic E-state index is 0.0210. The summed E-state index contributed by atoms with van der Waals surface area (Å²) in [6, 6.07) is 14.9. The molecule has 1 aliphatic rings. The lowest BCUT2D eigenvalue weighted by Gasteiger charge is -2.29. The van der Waals surface area contributed by atoms with Crippen molar-refractivity contribution in [3.05, 3.63) is 89.6 Å². The smallest absolute Gasteiger partial charge is 0.242 e. The summed E-state index contributed by atoms with van der Waals surface area (Å²) in [5.41, 5.74) is 1.49. The summed E-state index contributed by atoms with van der Waals surface area (Å²) in [7, 11) is -3.54. The molecule has 37 heavy (non-hydrogen) atoms. The second-order valence-corrected chi connectivity index (χ2v) is 10.9. The fraction of sp³-hybridized carbons (Fsp3) is 0.333. The van der Waals surface area contributed by atoms with E-state index in [1.54, 1.807) is 43.3 Å². The maximum absolute atomic E-state index is 13.4. The van der Waals surface area contributed by atoms with E-state index in [1.165, 1.54) is 35.4 Å². The van der Waals surface area contributed by atoms with E-state index < -0.39 is 16.1 Å². The van der Waals surface area contributed by atoms with E-state index >= 15 is 0 Å². The van der Waals surface area contributed by atoms with Crippen molar-refractivity contribution in [1.82, 2.24) is 14.9 Å². The number of carbonyl (C=O) groups excluding carboxylic acids is 2. The van der Waals surface area contributed by atoms with Gasteiger partial charge in [-0.3, -0.25) is 9.59 Å². The van der Waals surface area contributed by atoms with Gasteiger partial charge in [-0.2, -0.15) is 0 Å². The van der Waals surface area contributed by atoms with Gasteiger partial charge in [0.25, 0.3) is 0 Å². The van der Waals surface area contributed by atoms with Crippen LogP contribution in [0.5, 0.6) is 0 Å². The van der Waals surface area contributed by atoms with Crippen LogP contribution in [0.4, 0.5) is 4.39 Å². The van der Waals surface area contributed by atoms with Crippen LogP contribution in [-0.4, -0.2) is 37.2 Å². The minimum Gasteiger partial charge on any atom is -0.467 e. The molecule has 0 spiro atoms. The summed E-state index contributed by atoms with van der Waals surface area (Å²) in [5.74, 6) is -0.389. The number of benzene rings is 2. The molecule has 0 unspecified atom stereocenters. The molecular weight excluding hydrogens is 497 g/mol. The summed E-state index contributed by atoms with van der Waals surface area (Å²) in [5, 5.41) is 2.78. The van der Waals surface area contributed by atoms with Crippen molar-refractivity contribution in [3.63, 3.8) is 0 Å². The highest BCUT2D eigenvalue weighted by Crippen LogP contribution is 2.22. The van der Waals surface area contributed by atoms with Crippen molar-refractivity contribution >= 4 is 21.8 Å². The van der Waals surface area contributed by atoms with Gasteiger partial charge in [0.05, 0.1) is 17.7 Å². The third kappa shape index (κ3) is 7.50. The number of carbonyl (C=O) groups is 2. The Morgan fingerprint density at radius 3 is 2.35 bits per heavy atom. The summed E-state index contributed by atoms with van der Waals surface area (Å²) < 4.78 is 46.0. The average Bonchev–Trinajstić information content (AvgIpc) is 3.53. The van der Waals surface area contributed by atoms with Gasteiger partial charge in [0.15, 0.2) is 0 Å². The van der Waals surface area contributed by atoms with Gasteiger partial charge in [-0.1, -0.05) is 24.3 Å². The standard InChI is InChI=1S/C27H30FN3O5S/c1-19(27(33)29-17-24-3-2-16-36-24)31(18-21-4-9-22(28)10-5-21)26(32)15-8-20-6-13-25(14-7-20)37(34,35)30-23-11-12-23/h2-7,9-10,13-14,16,19,23,30H,8,11-12,15,17-18H2,1H3,(H,29,33)/t19-/m0/s1. The van der Waals surface area contributed by atoms with Crippen LogP contribution in [-0.2, 0) is 39.1 Å². The Hall–Kier alpha value is -3.50. The Bertz CT molecular complexity index is 1310. The quantitative estimate of drug-likeness (QED) is 0.375. The fourth-order valence-electron chi connectivity index (χ4n) is 3.82. The van der Waals surface area contributed by atoms with Crippen LogP contribution in [0, 0.1) is 5.82 Å². The number of sulfonamides is 1. The van der Waals surface area contributed by atoms with E-state index in [1.807, 2.05) is 0 Å². The first kappa shape index (κ1) is 26.6. The van der Waals surface area contributed by atoms with Crippen LogP contribution >= 0.6 is 0 Å². The lowest BCUT2D eigenvalue weighted by molar-refractivity contribution is -0.140. The number of aryl methyl sites for hydroxylation is 1. The van der Waals surface area contributed by atoms with Crippen LogP contribution < -0.4 is 10.0 Å². The Morgan fingerprint density at radius 2 is 1.73 bits per heavy atom. The highest BCUT2D eigenvalue weighted by molar-refractivity contribution is 7.89. The summed E-state index contributed by atoms with van der Waals surface area (Å²) in [4.78, 5) is 27.8. The fourth-order valence-corrected chi connectivity index (χ4v) is 5.13. The van der Waals surface area contributed by atoms with Gasteiger partial charge >= 0.3 is 0 Å². The number of rotatable bonds is 12. The molecular formula is C27H30FN3O5S. The van der Waals surface area contributed by atoms with Gasteiger partial charge in [0, 0.05) is 19.0 Å². The third-order valence-corrected chi connectivity index (χ3v) is 7.75. The van der Waals surface area contributed by atoms with Crippen molar-refractivity contribution in [2.45, 2.75) is 62.7 Å². The normalized spacial score (nSPS) is 14.2. The first-order valence-corrected chi connectivity index (χ1v) is 13.6. The second-order valence-electron chi connectivity index (χ2n) is 9.16. The SMILES string of the molecule is C[C@@H](C(=O)NCc1ccco1)N(Cc1ccc(F)cc1)C(=O)CCc1ccc(S(=O)(=O)NC2CC2)cc1. The van der Waals surface area contributed by atoms with E-state index in [9.17, 15) is 22.4 Å². The number of nitrogens with one attached hydrogen (secondary N) is 2. The van der Waals surface area contributed by atoms with E-state index in [0.717, 1.165) is 18.4 Å². The lowest BCUT2D eigenvalue weighted by atomic mass is 10.1. The van der Waals surface area contributed by atoms with Crippen molar-refractivity contribution in [2.75, 3.05) is 0 Å². The monoisotopic (exact) mass is 527 g/mol. The third-order valence-electron chi connectivity index (χ3n) is 6.21. The molecule has 1 fully saturated rings. The predicted molar refractivity (Wildman–Crippen MR) is 135 cm³/mol. The molecule has 1 atom stereocenters. The lowest BCUT2D eigenvalue weighted by Crippen LogP contribution is -2.47. The van der Waals surface area contributed by atoms with Crippen molar-refractivity contribution in [1.29, 1.82) is 0 Å². The molecule has 1 aromatic heterocycles. The van der Waals surface area contributed by atoms with E-state index in [-0.39, 0.29) is 48.1 Å². The molecule has 0 radical (unpaired) electrons. The number of halogens is 1. The van der Waals surface area contributed by atoms with Crippen molar-refractivity contribution < 1.29 is 26.8 Å². The molecule has 4 rings (SSSR count). The zero-order valence-electron chi connectivity index (χ0n) is 20.5. The van der Waals surface area contributed by atoms with Crippen LogP contribution in [0.1, 0.15) is 43.1 Å². The Balaban J connectivity index is 1.41. The Labute approximate surface area is 215 Å². The molecule has 10 heteroatoms. The molecule has 3 aromatic rings. The Kier molecular flexibility index (Phi) is 8.40. The van der Waals surface area contributed by atoms with E-state index in [0.29, 0.717) is 17.7 Å². The zero-order valence-corrected chi connectivity index (χ0v) is 21.3. The van der Waals surface area contributed by atoms with Crippen LogP contribution in [0.15, 0.2) is 76.2 Å². The summed E-state index contributed by atoms with van der Waals surface area (Å²) in [6.07, 6.45) is 3.71. The van der Waals surface area contributed by atoms with Gasteiger partial charge in [-0.05, 0) is 73.7 Å². The summed E-state index contributed by atoms with van der Waals surface area (Å²) >= 11 is 0. The largest absolute Gasteiger partial charge is 0.467 e. The average molecular weight is 528 g/mol. The first-order chi connectivity index (χ1) is 17.7. The number of hydrogen-bond donors (Lipinski definition) is 2. The van der Waals surface area contributed by atoms with Gasteiger partial charge in [-0.25, -0.2) is 17.5 Å². The van der Waals surface area contributed by atoms with E-state index in [4.69, 9.17) is 4.42 Å². The second kappa shape index (κ2) is 11.7. The van der Waals surface area contributed by atoms with Gasteiger partial charge in [0.2, 0.25) is 21.8 Å². The predicted octanol–water partition coefficient (Wildman–Crippen LogP) is 3.53. The highest BCUT2D eigenvalue weighted by atomic mass is 32.2. The first-order valence-electron chi connectivity index (χ1n) is 12.2. The van der Waals surface area contributed by atoms with Crippen LogP contribution in [0.3, 0.4) is 0 Å². The molecule has 0 aliphatic heterocycles. The van der Waals surface area contributed by atoms with Crippen LogP contribution in [0.2, 0.25) is 0 Å². The Morgan fingerprint density at radius 1 is 1.05 bits per heavy atom. The van der Waals surface area contributed by atoms with Gasteiger partial charge in [0.1, 0.15) is 17.6 Å². The number of furan rings is 1. The molecule has 1 aliphatic carbocycles. The van der Waals surface area contributed by atoms with E-state index in [2.05, 4.69) is 10.0 Å². The van der Waals surface area contributed by atoms with Crippen LogP contribution in [0.25, 0.3) is 0 Å². The number of hydrogen-bond acceptors (Lipinski definition) is 5. The molecule has 2 amide bonds. The highest BCUT2D eigenvalue weighted by Gasteiger charge is 2.28. The number of nitrogens with zero attached hydrogens (tertiary/aromatic N) is 1. The molecule has 0 saturated heterocycles. The minimum atomic E-state index is -3.54. The molecule has 0 bridgehead atoms. The number of amides is 2. The maximum Gasteiger partial charge on any atom is 0.242 e. The molecule has 8 nitrogen and oxygen atoms in total. The summed E-state index contributed by atoms with van der Waals surface area (Å²) in [6.45, 7) is 1.98.